The van der Waals surface area contributed by atoms with Crippen LogP contribution in [0.3, 0.4) is 0 Å². The van der Waals surface area contributed by atoms with Crippen molar-refractivity contribution in [1.29, 1.82) is 0 Å². The maximum Gasteiger partial charge on any atom is 0.319 e. The topological polar surface area (TPSA) is 59.0 Å². The number of carbonyl (C=O) groups is 1. The monoisotopic (exact) mass is 336 g/mol. The molecular formula is C20H24N4O. The van der Waals surface area contributed by atoms with Gasteiger partial charge in [-0.1, -0.05) is 0 Å². The van der Waals surface area contributed by atoms with Crippen LogP contribution in [0.5, 0.6) is 0 Å². The molecule has 2 aromatic rings. The third-order valence-corrected chi connectivity index (χ3v) is 6.34. The molecule has 2 N–H and O–H groups in total. The van der Waals surface area contributed by atoms with Gasteiger partial charge in [0.15, 0.2) is 0 Å². The molecule has 25 heavy (non-hydrogen) atoms. The molecule has 6 rings (SSSR count). The molecule has 5 heteroatoms. The van der Waals surface area contributed by atoms with Crippen LogP contribution in [0.4, 0.5) is 10.5 Å². The fourth-order valence-corrected chi connectivity index (χ4v) is 5.80. The first-order valence-corrected chi connectivity index (χ1v) is 9.35. The lowest BCUT2D eigenvalue weighted by Crippen LogP contribution is -2.60. The Balaban J connectivity index is 1.25. The lowest BCUT2D eigenvalue weighted by atomic mass is 9.53. The average Bonchev–Trinajstić information content (AvgIpc) is 3.08. The van der Waals surface area contributed by atoms with Gasteiger partial charge in [0.1, 0.15) is 0 Å². The van der Waals surface area contributed by atoms with Gasteiger partial charge < -0.3 is 15.2 Å². The summed E-state index contributed by atoms with van der Waals surface area (Å²) in [7, 11) is 0. The lowest BCUT2D eigenvalue weighted by Gasteiger charge is -2.56. The van der Waals surface area contributed by atoms with Gasteiger partial charge in [-0.05, 0) is 80.5 Å². The first-order valence-electron chi connectivity index (χ1n) is 9.35. The maximum absolute atomic E-state index is 12.6. The zero-order valence-electron chi connectivity index (χ0n) is 14.3. The number of benzene rings is 1. The number of nitrogens with zero attached hydrogens (tertiary/aromatic N) is 2. The van der Waals surface area contributed by atoms with Crippen molar-refractivity contribution in [3.05, 3.63) is 43.0 Å². The van der Waals surface area contributed by atoms with E-state index in [-0.39, 0.29) is 11.6 Å². The summed E-state index contributed by atoms with van der Waals surface area (Å²) in [5.74, 6) is 2.50. The molecule has 4 aliphatic carbocycles. The molecule has 0 radical (unpaired) electrons. The summed E-state index contributed by atoms with van der Waals surface area (Å²) in [5.41, 5.74) is 1.91. The Hall–Kier alpha value is -2.30. The van der Waals surface area contributed by atoms with Crippen molar-refractivity contribution in [2.24, 2.45) is 17.8 Å². The average molecular weight is 336 g/mol. The number of hydrogen-bond acceptors (Lipinski definition) is 2. The van der Waals surface area contributed by atoms with Gasteiger partial charge >= 0.3 is 6.03 Å². The molecule has 4 fully saturated rings. The SMILES string of the molecule is O=C(Nc1ccc(-n2ccnc2)cc1)NC12CC3CC(CC(C3)C1)C2. The Morgan fingerprint density at radius 1 is 1.04 bits per heavy atom. The van der Waals surface area contributed by atoms with Crippen LogP contribution in [0.15, 0.2) is 43.0 Å². The van der Waals surface area contributed by atoms with Gasteiger partial charge in [-0.2, -0.15) is 0 Å². The van der Waals surface area contributed by atoms with E-state index in [4.69, 9.17) is 0 Å². The highest BCUT2D eigenvalue weighted by Crippen LogP contribution is 2.55. The third-order valence-electron chi connectivity index (χ3n) is 6.34. The lowest BCUT2D eigenvalue weighted by molar-refractivity contribution is -0.0127. The Kier molecular flexibility index (Phi) is 3.37. The Morgan fingerprint density at radius 3 is 2.24 bits per heavy atom. The molecule has 0 spiro atoms. The number of rotatable bonds is 3. The molecule has 4 bridgehead atoms. The molecular weight excluding hydrogens is 312 g/mol. The molecule has 1 aromatic heterocycles. The molecule has 0 unspecified atom stereocenters. The molecule has 1 heterocycles. The van der Waals surface area contributed by atoms with Gasteiger partial charge in [0.05, 0.1) is 6.33 Å². The van der Waals surface area contributed by atoms with Crippen LogP contribution in [0.1, 0.15) is 38.5 Å². The van der Waals surface area contributed by atoms with E-state index in [0.717, 1.165) is 29.1 Å². The smallest absolute Gasteiger partial charge is 0.319 e. The maximum atomic E-state index is 12.6. The molecule has 1 aromatic carbocycles. The summed E-state index contributed by atoms with van der Waals surface area (Å²) in [6.07, 6.45) is 13.1. The first-order chi connectivity index (χ1) is 12.2. The van der Waals surface area contributed by atoms with Crippen LogP contribution >= 0.6 is 0 Å². The number of aromatic nitrogens is 2. The summed E-state index contributed by atoms with van der Waals surface area (Å²) >= 11 is 0. The summed E-state index contributed by atoms with van der Waals surface area (Å²) in [6.45, 7) is 0. The summed E-state index contributed by atoms with van der Waals surface area (Å²) in [6, 6.07) is 7.80. The minimum atomic E-state index is -0.0580. The van der Waals surface area contributed by atoms with Crippen LogP contribution in [-0.2, 0) is 0 Å². The van der Waals surface area contributed by atoms with Gasteiger partial charge in [0.2, 0.25) is 0 Å². The van der Waals surface area contributed by atoms with Crippen molar-refractivity contribution in [1.82, 2.24) is 14.9 Å². The highest BCUT2D eigenvalue weighted by molar-refractivity contribution is 5.89. The fraction of sp³-hybridized carbons (Fsp3) is 0.500. The first kappa shape index (κ1) is 15.0. The Labute approximate surface area is 147 Å². The van der Waals surface area contributed by atoms with Crippen molar-refractivity contribution in [2.75, 3.05) is 5.32 Å². The largest absolute Gasteiger partial charge is 0.332 e. The molecule has 0 aliphatic heterocycles. The zero-order valence-corrected chi connectivity index (χ0v) is 14.3. The van der Waals surface area contributed by atoms with Crippen molar-refractivity contribution in [3.8, 4) is 5.69 Å². The zero-order chi connectivity index (χ0) is 16.9. The number of imidazole rings is 1. The minimum absolute atomic E-state index is 0.0512. The van der Waals surface area contributed by atoms with Crippen molar-refractivity contribution < 1.29 is 4.79 Å². The standard InChI is InChI=1S/C20H24N4O/c25-19(22-17-1-3-18(4-2-17)24-6-5-21-13-24)23-20-10-14-7-15(11-20)9-16(8-14)12-20/h1-6,13-16H,7-12H2,(H2,22,23,25). The second kappa shape index (κ2) is 5.61. The van der Waals surface area contributed by atoms with E-state index in [1.165, 1.54) is 38.5 Å². The van der Waals surface area contributed by atoms with Crippen molar-refractivity contribution in [2.45, 2.75) is 44.1 Å². The fourth-order valence-electron chi connectivity index (χ4n) is 5.80. The van der Waals surface area contributed by atoms with Crippen LogP contribution in [0, 0.1) is 17.8 Å². The predicted octanol–water partition coefficient (Wildman–Crippen LogP) is 3.96. The van der Waals surface area contributed by atoms with Gasteiger partial charge in [0.25, 0.3) is 0 Å². The van der Waals surface area contributed by atoms with E-state index in [1.54, 1.807) is 12.5 Å². The normalized spacial score (nSPS) is 32.6. The molecule has 0 atom stereocenters. The van der Waals surface area contributed by atoms with Gasteiger partial charge in [-0.15, -0.1) is 0 Å². The molecule has 2 amide bonds. The Morgan fingerprint density at radius 2 is 1.68 bits per heavy atom. The molecule has 4 saturated carbocycles. The van der Waals surface area contributed by atoms with E-state index >= 15 is 0 Å². The number of amides is 2. The van der Waals surface area contributed by atoms with Crippen molar-refractivity contribution >= 4 is 11.7 Å². The van der Waals surface area contributed by atoms with E-state index in [2.05, 4.69) is 15.6 Å². The number of nitrogens with one attached hydrogen (secondary N) is 2. The van der Waals surface area contributed by atoms with Gasteiger partial charge in [-0.25, -0.2) is 9.78 Å². The van der Waals surface area contributed by atoms with Crippen molar-refractivity contribution in [3.63, 3.8) is 0 Å². The molecule has 4 aliphatic rings. The summed E-state index contributed by atoms with van der Waals surface area (Å²) < 4.78 is 1.94. The number of anilines is 1. The van der Waals surface area contributed by atoms with Crippen LogP contribution in [0.25, 0.3) is 5.69 Å². The van der Waals surface area contributed by atoms with Gasteiger partial charge in [-0.3, -0.25) is 0 Å². The number of carbonyl (C=O) groups excluding carboxylic acids is 1. The van der Waals surface area contributed by atoms with E-state index in [0.29, 0.717) is 0 Å². The Bertz CT molecular complexity index is 730. The number of urea groups is 1. The van der Waals surface area contributed by atoms with E-state index in [9.17, 15) is 4.79 Å². The van der Waals surface area contributed by atoms with E-state index in [1.807, 2.05) is 35.0 Å². The number of hydrogen-bond donors (Lipinski definition) is 2. The third kappa shape index (κ3) is 2.81. The van der Waals surface area contributed by atoms with Crippen LogP contribution < -0.4 is 10.6 Å². The quantitative estimate of drug-likeness (QED) is 0.891. The molecule has 130 valence electrons. The molecule has 5 nitrogen and oxygen atoms in total. The van der Waals surface area contributed by atoms with Gasteiger partial charge in [0, 0.05) is 29.3 Å². The molecule has 0 saturated heterocycles. The highest BCUT2D eigenvalue weighted by atomic mass is 16.2. The second-order valence-corrected chi connectivity index (χ2v) is 8.29. The summed E-state index contributed by atoms with van der Waals surface area (Å²) in [4.78, 5) is 16.6. The highest BCUT2D eigenvalue weighted by Gasteiger charge is 2.51. The van der Waals surface area contributed by atoms with E-state index < -0.39 is 0 Å². The van der Waals surface area contributed by atoms with Crippen LogP contribution in [0.2, 0.25) is 0 Å². The second-order valence-electron chi connectivity index (χ2n) is 8.29. The minimum Gasteiger partial charge on any atom is -0.332 e. The van der Waals surface area contributed by atoms with Crippen LogP contribution in [-0.4, -0.2) is 21.1 Å². The summed E-state index contributed by atoms with van der Waals surface area (Å²) in [5, 5.41) is 6.36. The predicted molar refractivity (Wildman–Crippen MR) is 96.6 cm³/mol.